The number of carboxylic acids is 2. The average Bonchev–Trinajstić information content (AvgIpc) is 2.59. The quantitative estimate of drug-likeness (QED) is 0.536. The molecule has 28 heavy (non-hydrogen) atoms. The van der Waals surface area contributed by atoms with Gasteiger partial charge in [0.2, 0.25) is 0 Å². The minimum atomic E-state index is -1.26. The van der Waals surface area contributed by atoms with Gasteiger partial charge in [0.05, 0.1) is 36.9 Å². The van der Waals surface area contributed by atoms with E-state index < -0.39 is 47.5 Å². The number of carboxylic acid groups (broad SMARTS) is 2. The summed E-state index contributed by atoms with van der Waals surface area (Å²) in [6, 6.07) is 0. The summed E-state index contributed by atoms with van der Waals surface area (Å²) in [6.45, 7) is 8.19. The van der Waals surface area contributed by atoms with Crippen molar-refractivity contribution in [1.29, 1.82) is 0 Å². The van der Waals surface area contributed by atoms with Crippen LogP contribution in [0.3, 0.4) is 0 Å². The minimum Gasteiger partial charge on any atom is -0.481 e. The molecule has 0 amide bonds. The molecule has 1 aliphatic carbocycles. The molecule has 4 unspecified atom stereocenters. The number of hydrogen-bond donors (Lipinski definition) is 2. The van der Waals surface area contributed by atoms with Gasteiger partial charge in [-0.1, -0.05) is 27.7 Å². The largest absolute Gasteiger partial charge is 0.481 e. The molecule has 0 saturated heterocycles. The zero-order valence-corrected chi connectivity index (χ0v) is 17.1. The summed E-state index contributed by atoms with van der Waals surface area (Å²) in [6.07, 6.45) is 0.761. The molecule has 1 rings (SSSR count). The van der Waals surface area contributed by atoms with E-state index in [4.69, 9.17) is 9.47 Å². The van der Waals surface area contributed by atoms with Crippen LogP contribution in [0.4, 0.5) is 0 Å². The van der Waals surface area contributed by atoms with Crippen molar-refractivity contribution >= 4 is 23.9 Å². The van der Waals surface area contributed by atoms with Crippen molar-refractivity contribution < 1.29 is 38.9 Å². The molecule has 1 saturated carbocycles. The molecule has 0 aromatic heterocycles. The molecule has 0 aromatic carbocycles. The Bertz CT molecular complexity index is 521. The van der Waals surface area contributed by atoms with Crippen LogP contribution in [0.25, 0.3) is 0 Å². The van der Waals surface area contributed by atoms with Crippen LogP contribution in [0.15, 0.2) is 0 Å². The summed E-state index contributed by atoms with van der Waals surface area (Å²) in [5, 5.41) is 19.0. The van der Waals surface area contributed by atoms with E-state index in [1.165, 1.54) is 0 Å². The lowest BCUT2D eigenvalue weighted by Gasteiger charge is -2.35. The lowest BCUT2D eigenvalue weighted by molar-refractivity contribution is -0.172. The molecule has 0 aromatic rings. The second-order valence-electron chi connectivity index (χ2n) is 8.27. The normalized spacial score (nSPS) is 24.8. The van der Waals surface area contributed by atoms with E-state index in [1.807, 2.05) is 27.7 Å². The Morgan fingerprint density at radius 1 is 0.714 bits per heavy atom. The van der Waals surface area contributed by atoms with E-state index >= 15 is 0 Å². The van der Waals surface area contributed by atoms with E-state index in [9.17, 15) is 29.4 Å². The Hall–Kier alpha value is -2.12. The third-order valence-electron chi connectivity index (χ3n) is 5.11. The standard InChI is InChI=1S/C20H32O8/c1-11(2)5-7-27-19(25)15-10-16(20(26)28-8-6-12(3)4)14(18(23)24)9-13(15)17(21)22/h11-16H,5-10H2,1-4H3,(H,21,22)(H,23,24). The molecule has 2 N–H and O–H groups in total. The summed E-state index contributed by atoms with van der Waals surface area (Å²) in [5.41, 5.74) is 0. The maximum absolute atomic E-state index is 12.5. The third-order valence-corrected chi connectivity index (χ3v) is 5.11. The van der Waals surface area contributed by atoms with E-state index in [0.29, 0.717) is 24.7 Å². The summed E-state index contributed by atoms with van der Waals surface area (Å²) in [7, 11) is 0. The highest BCUT2D eigenvalue weighted by Gasteiger charge is 2.50. The molecule has 1 fully saturated rings. The highest BCUT2D eigenvalue weighted by atomic mass is 16.5. The molecular weight excluding hydrogens is 368 g/mol. The summed E-state index contributed by atoms with van der Waals surface area (Å²) >= 11 is 0. The summed E-state index contributed by atoms with van der Waals surface area (Å²) in [4.78, 5) is 48.2. The van der Waals surface area contributed by atoms with E-state index in [0.717, 1.165) is 0 Å². The predicted molar refractivity (Wildman–Crippen MR) is 99.3 cm³/mol. The smallest absolute Gasteiger partial charge is 0.309 e. The van der Waals surface area contributed by atoms with Gasteiger partial charge in [-0.3, -0.25) is 19.2 Å². The highest BCUT2D eigenvalue weighted by molar-refractivity contribution is 5.86. The van der Waals surface area contributed by atoms with Gasteiger partial charge in [-0.05, 0) is 37.5 Å². The summed E-state index contributed by atoms with van der Waals surface area (Å²) in [5.74, 6) is -7.82. The maximum atomic E-state index is 12.5. The van der Waals surface area contributed by atoms with Crippen LogP contribution in [0.1, 0.15) is 53.4 Å². The first kappa shape index (κ1) is 23.9. The van der Waals surface area contributed by atoms with Crippen LogP contribution in [0.2, 0.25) is 0 Å². The number of rotatable bonds is 10. The molecule has 1 aliphatic rings. The molecule has 0 bridgehead atoms. The number of aliphatic carboxylic acids is 2. The van der Waals surface area contributed by atoms with Gasteiger partial charge >= 0.3 is 23.9 Å². The molecule has 160 valence electrons. The average molecular weight is 400 g/mol. The van der Waals surface area contributed by atoms with Crippen molar-refractivity contribution in [3.63, 3.8) is 0 Å². The Morgan fingerprint density at radius 3 is 1.32 bits per heavy atom. The maximum Gasteiger partial charge on any atom is 0.309 e. The lowest BCUT2D eigenvalue weighted by Crippen LogP contribution is -2.46. The van der Waals surface area contributed by atoms with Crippen molar-refractivity contribution in [1.82, 2.24) is 0 Å². The van der Waals surface area contributed by atoms with Crippen molar-refractivity contribution in [2.75, 3.05) is 13.2 Å². The van der Waals surface area contributed by atoms with E-state index in [1.54, 1.807) is 0 Å². The lowest BCUT2D eigenvalue weighted by atomic mass is 9.68. The fourth-order valence-corrected chi connectivity index (χ4v) is 3.28. The third kappa shape index (κ3) is 7.13. The van der Waals surface area contributed by atoms with E-state index in [2.05, 4.69) is 0 Å². The Balaban J connectivity index is 2.92. The molecule has 0 radical (unpaired) electrons. The second kappa shape index (κ2) is 11.0. The second-order valence-corrected chi connectivity index (χ2v) is 8.27. The molecular formula is C20H32O8. The van der Waals surface area contributed by atoms with Gasteiger partial charge in [-0.2, -0.15) is 0 Å². The van der Waals surface area contributed by atoms with Gasteiger partial charge in [-0.25, -0.2) is 0 Å². The molecule has 0 spiro atoms. The number of carbonyl (C=O) groups excluding carboxylic acids is 2. The van der Waals surface area contributed by atoms with Crippen molar-refractivity contribution in [3.8, 4) is 0 Å². The molecule has 4 atom stereocenters. The first-order valence-corrected chi connectivity index (χ1v) is 9.83. The van der Waals surface area contributed by atoms with E-state index in [-0.39, 0.29) is 26.1 Å². The van der Waals surface area contributed by atoms with Crippen molar-refractivity contribution in [2.45, 2.75) is 53.4 Å². The van der Waals surface area contributed by atoms with Gasteiger partial charge in [0.15, 0.2) is 0 Å². The molecule has 8 nitrogen and oxygen atoms in total. The van der Waals surface area contributed by atoms with Crippen molar-refractivity contribution in [2.24, 2.45) is 35.5 Å². The fraction of sp³-hybridized carbons (Fsp3) is 0.800. The van der Waals surface area contributed by atoms with Gasteiger partial charge in [-0.15, -0.1) is 0 Å². The van der Waals surface area contributed by atoms with Gasteiger partial charge in [0.25, 0.3) is 0 Å². The topological polar surface area (TPSA) is 127 Å². The van der Waals surface area contributed by atoms with Crippen LogP contribution in [0.5, 0.6) is 0 Å². The molecule has 8 heteroatoms. The van der Waals surface area contributed by atoms with Gasteiger partial charge in [0, 0.05) is 0 Å². The Morgan fingerprint density at radius 2 is 1.04 bits per heavy atom. The first-order chi connectivity index (χ1) is 13.0. The van der Waals surface area contributed by atoms with Crippen LogP contribution in [-0.2, 0) is 28.7 Å². The molecule has 0 aliphatic heterocycles. The van der Waals surface area contributed by atoms with Crippen LogP contribution < -0.4 is 0 Å². The summed E-state index contributed by atoms with van der Waals surface area (Å²) < 4.78 is 10.4. The van der Waals surface area contributed by atoms with Gasteiger partial charge in [0.1, 0.15) is 0 Å². The SMILES string of the molecule is CC(C)CCOC(=O)C1CC(C(=O)OCCC(C)C)C(C(=O)O)CC1C(=O)O. The number of ether oxygens (including phenoxy) is 2. The van der Waals surface area contributed by atoms with Crippen LogP contribution in [0, 0.1) is 35.5 Å². The zero-order chi connectivity index (χ0) is 21.4. The number of carbonyl (C=O) groups is 4. The Labute approximate surface area is 165 Å². The minimum absolute atomic E-state index is 0.158. The highest BCUT2D eigenvalue weighted by Crippen LogP contribution is 2.40. The predicted octanol–water partition coefficient (Wildman–Crippen LogP) is 2.59. The van der Waals surface area contributed by atoms with Crippen molar-refractivity contribution in [3.05, 3.63) is 0 Å². The molecule has 0 heterocycles. The Kier molecular flexibility index (Phi) is 9.41. The first-order valence-electron chi connectivity index (χ1n) is 9.83. The number of hydrogen-bond acceptors (Lipinski definition) is 6. The van der Waals surface area contributed by atoms with Gasteiger partial charge < -0.3 is 19.7 Å². The zero-order valence-electron chi connectivity index (χ0n) is 17.1. The number of esters is 2. The monoisotopic (exact) mass is 400 g/mol. The van der Waals surface area contributed by atoms with Crippen LogP contribution in [-0.4, -0.2) is 47.3 Å². The van der Waals surface area contributed by atoms with Crippen LogP contribution >= 0.6 is 0 Å². The fourth-order valence-electron chi connectivity index (χ4n) is 3.28.